The van der Waals surface area contributed by atoms with Crippen LogP contribution in [0.1, 0.15) is 25.1 Å². The second-order valence-electron chi connectivity index (χ2n) is 4.20. The highest BCUT2D eigenvalue weighted by molar-refractivity contribution is 6.33. The van der Waals surface area contributed by atoms with Gasteiger partial charge in [0, 0.05) is 11.9 Å². The highest BCUT2D eigenvalue weighted by Gasteiger charge is 2.11. The lowest BCUT2D eigenvalue weighted by Crippen LogP contribution is -2.12. The summed E-state index contributed by atoms with van der Waals surface area (Å²) in [6.45, 7) is 5.70. The number of phenols is 1. The predicted octanol–water partition coefficient (Wildman–Crippen LogP) is 3.27. The molecule has 1 aromatic heterocycles. The van der Waals surface area contributed by atoms with Gasteiger partial charge >= 0.3 is 0 Å². The van der Waals surface area contributed by atoms with E-state index in [1.807, 2.05) is 25.1 Å². The molecule has 0 fully saturated rings. The molecule has 0 atom stereocenters. The number of aryl methyl sites for hydroxylation is 1. The molecule has 0 radical (unpaired) electrons. The zero-order chi connectivity index (χ0) is 13.1. The molecule has 0 aliphatic rings. The van der Waals surface area contributed by atoms with Crippen molar-refractivity contribution >= 4 is 22.5 Å². The smallest absolute Gasteiger partial charge is 0.160 e. The Bertz CT molecular complexity index is 569. The average molecular weight is 265 g/mol. The van der Waals surface area contributed by atoms with Crippen molar-refractivity contribution < 1.29 is 5.11 Å². The lowest BCUT2D eigenvalue weighted by atomic mass is 10.0. The number of hydrogen-bond acceptors (Lipinski definition) is 3. The van der Waals surface area contributed by atoms with Crippen molar-refractivity contribution in [1.82, 2.24) is 10.3 Å². The molecule has 18 heavy (non-hydrogen) atoms. The number of phenolic OH excluding ortho intramolecular Hbond substituents is 1. The Hall–Kier alpha value is -1.32. The van der Waals surface area contributed by atoms with Gasteiger partial charge in [-0.2, -0.15) is 0 Å². The zero-order valence-electron chi connectivity index (χ0n) is 10.6. The lowest BCUT2D eigenvalue weighted by Gasteiger charge is -2.10. The van der Waals surface area contributed by atoms with Gasteiger partial charge in [-0.3, -0.25) is 0 Å². The van der Waals surface area contributed by atoms with E-state index < -0.39 is 0 Å². The molecule has 2 rings (SSSR count). The topological polar surface area (TPSA) is 45.1 Å². The molecule has 1 heterocycles. The molecule has 0 saturated carbocycles. The van der Waals surface area contributed by atoms with E-state index in [1.165, 1.54) is 0 Å². The minimum absolute atomic E-state index is 0.0715. The summed E-state index contributed by atoms with van der Waals surface area (Å²) in [4.78, 5) is 4.48. The molecule has 4 heteroatoms. The largest absolute Gasteiger partial charge is 0.504 e. The highest BCUT2D eigenvalue weighted by atomic mass is 35.5. The van der Waals surface area contributed by atoms with Crippen LogP contribution in [0.5, 0.6) is 5.75 Å². The minimum atomic E-state index is 0.0715. The Labute approximate surface area is 112 Å². The fraction of sp³-hybridized carbons (Fsp3) is 0.357. The zero-order valence-corrected chi connectivity index (χ0v) is 11.4. The third kappa shape index (κ3) is 2.42. The van der Waals surface area contributed by atoms with E-state index in [-0.39, 0.29) is 5.75 Å². The number of aromatic hydroxyl groups is 1. The molecule has 0 saturated heterocycles. The molecule has 0 bridgehead atoms. The summed E-state index contributed by atoms with van der Waals surface area (Å²) in [6.07, 6.45) is 0.866. The van der Waals surface area contributed by atoms with Crippen LogP contribution in [-0.4, -0.2) is 16.6 Å². The van der Waals surface area contributed by atoms with Crippen LogP contribution in [0.2, 0.25) is 5.02 Å². The lowest BCUT2D eigenvalue weighted by molar-refractivity contribution is 0.480. The van der Waals surface area contributed by atoms with Crippen LogP contribution < -0.4 is 5.32 Å². The second kappa shape index (κ2) is 5.55. The number of nitrogens with zero attached hydrogens (tertiary/aromatic N) is 1. The van der Waals surface area contributed by atoms with Crippen LogP contribution in [0.3, 0.4) is 0 Å². The van der Waals surface area contributed by atoms with Crippen molar-refractivity contribution in [3.63, 3.8) is 0 Å². The molecule has 96 valence electrons. The number of halogens is 1. The Morgan fingerprint density at radius 1 is 1.33 bits per heavy atom. The fourth-order valence-electron chi connectivity index (χ4n) is 2.00. The van der Waals surface area contributed by atoms with Crippen LogP contribution in [-0.2, 0) is 13.0 Å². The van der Waals surface area contributed by atoms with E-state index in [4.69, 9.17) is 11.6 Å². The Kier molecular flexibility index (Phi) is 4.04. The van der Waals surface area contributed by atoms with Crippen molar-refractivity contribution in [1.29, 1.82) is 0 Å². The number of nitrogens with one attached hydrogen (secondary N) is 1. The third-order valence-corrected chi connectivity index (χ3v) is 3.28. The maximum Gasteiger partial charge on any atom is 0.160 e. The van der Waals surface area contributed by atoms with E-state index >= 15 is 0 Å². The summed E-state index contributed by atoms with van der Waals surface area (Å²) in [6, 6.07) is 5.80. The molecule has 0 spiro atoms. The second-order valence-corrected chi connectivity index (χ2v) is 4.61. The van der Waals surface area contributed by atoms with Crippen LogP contribution in [0.15, 0.2) is 18.2 Å². The van der Waals surface area contributed by atoms with Crippen molar-refractivity contribution in [2.24, 2.45) is 0 Å². The number of rotatable bonds is 4. The van der Waals surface area contributed by atoms with Gasteiger partial charge in [0.05, 0.1) is 10.7 Å². The molecule has 0 aliphatic carbocycles. The van der Waals surface area contributed by atoms with Gasteiger partial charge in [-0.15, -0.1) is 0 Å². The van der Waals surface area contributed by atoms with E-state index in [9.17, 15) is 5.11 Å². The molecular formula is C14H17ClN2O. The van der Waals surface area contributed by atoms with Crippen molar-refractivity contribution in [3.05, 3.63) is 34.5 Å². The summed E-state index contributed by atoms with van der Waals surface area (Å²) in [5.41, 5.74) is 2.61. The number of pyridine rings is 1. The van der Waals surface area contributed by atoms with Gasteiger partial charge in [-0.25, -0.2) is 4.98 Å². The van der Waals surface area contributed by atoms with E-state index in [0.29, 0.717) is 17.1 Å². The van der Waals surface area contributed by atoms with Gasteiger partial charge in [0.1, 0.15) is 5.52 Å². The first-order valence-electron chi connectivity index (χ1n) is 6.18. The SMILES string of the molecule is CCNCc1ccc2c(CC)cc(Cl)c(O)c2n1. The van der Waals surface area contributed by atoms with Crippen molar-refractivity contribution in [2.75, 3.05) is 6.54 Å². The van der Waals surface area contributed by atoms with Crippen molar-refractivity contribution in [2.45, 2.75) is 26.8 Å². The van der Waals surface area contributed by atoms with Gasteiger partial charge in [0.15, 0.2) is 5.75 Å². The number of fused-ring (bicyclic) bond motifs is 1. The summed E-state index contributed by atoms with van der Waals surface area (Å²) in [5, 5.41) is 14.6. The Morgan fingerprint density at radius 3 is 2.78 bits per heavy atom. The summed E-state index contributed by atoms with van der Waals surface area (Å²) in [7, 11) is 0. The first kappa shape index (κ1) is 13.1. The van der Waals surface area contributed by atoms with Crippen LogP contribution in [0.4, 0.5) is 0 Å². The highest BCUT2D eigenvalue weighted by Crippen LogP contribution is 2.34. The van der Waals surface area contributed by atoms with Crippen LogP contribution in [0, 0.1) is 0 Å². The molecule has 2 aromatic rings. The minimum Gasteiger partial charge on any atom is -0.504 e. The Morgan fingerprint density at radius 2 is 2.11 bits per heavy atom. The summed E-state index contributed by atoms with van der Waals surface area (Å²) >= 11 is 6.02. The van der Waals surface area contributed by atoms with Gasteiger partial charge in [-0.05, 0) is 30.7 Å². The Balaban J connectivity index is 2.57. The van der Waals surface area contributed by atoms with Gasteiger partial charge in [0.25, 0.3) is 0 Å². The van der Waals surface area contributed by atoms with Crippen LogP contribution in [0.25, 0.3) is 10.9 Å². The molecule has 0 amide bonds. The first-order chi connectivity index (χ1) is 8.67. The third-order valence-electron chi connectivity index (χ3n) is 2.99. The number of hydrogen-bond donors (Lipinski definition) is 2. The predicted molar refractivity (Wildman–Crippen MR) is 75.2 cm³/mol. The van der Waals surface area contributed by atoms with Gasteiger partial charge < -0.3 is 10.4 Å². The standard InChI is InChI=1S/C14H17ClN2O/c1-3-9-7-12(15)14(18)13-11(9)6-5-10(17-13)8-16-4-2/h5-7,16,18H,3-4,8H2,1-2H3. The van der Waals surface area contributed by atoms with E-state index in [0.717, 1.165) is 29.6 Å². The number of benzene rings is 1. The molecule has 0 aliphatic heterocycles. The molecular weight excluding hydrogens is 248 g/mol. The van der Waals surface area contributed by atoms with Crippen LogP contribution >= 0.6 is 11.6 Å². The first-order valence-corrected chi connectivity index (χ1v) is 6.55. The monoisotopic (exact) mass is 264 g/mol. The van der Waals surface area contributed by atoms with Gasteiger partial charge in [-0.1, -0.05) is 31.5 Å². The maximum atomic E-state index is 10.0. The van der Waals surface area contributed by atoms with Crippen molar-refractivity contribution in [3.8, 4) is 5.75 Å². The number of aromatic nitrogens is 1. The average Bonchev–Trinajstić information content (AvgIpc) is 2.40. The van der Waals surface area contributed by atoms with E-state index in [2.05, 4.69) is 17.2 Å². The maximum absolute atomic E-state index is 10.0. The quantitative estimate of drug-likeness (QED) is 0.891. The molecule has 2 N–H and O–H groups in total. The molecule has 0 unspecified atom stereocenters. The molecule has 1 aromatic carbocycles. The summed E-state index contributed by atoms with van der Waals surface area (Å²) < 4.78 is 0. The normalized spacial score (nSPS) is 11.1. The van der Waals surface area contributed by atoms with Gasteiger partial charge in [0.2, 0.25) is 0 Å². The van der Waals surface area contributed by atoms with E-state index in [1.54, 1.807) is 0 Å². The summed E-state index contributed by atoms with van der Waals surface area (Å²) in [5.74, 6) is 0.0715. The molecule has 3 nitrogen and oxygen atoms in total. The fourth-order valence-corrected chi connectivity index (χ4v) is 2.22.